The summed E-state index contributed by atoms with van der Waals surface area (Å²) in [5.74, 6) is -1.87. The maximum absolute atomic E-state index is 12.6. The molecule has 0 bridgehead atoms. The van der Waals surface area contributed by atoms with Crippen molar-refractivity contribution in [1.29, 1.82) is 0 Å². The van der Waals surface area contributed by atoms with Gasteiger partial charge in [0.05, 0.1) is 12.2 Å². The molecular weight excluding hydrogens is 324 g/mol. The second-order valence-corrected chi connectivity index (χ2v) is 5.94. The van der Waals surface area contributed by atoms with Gasteiger partial charge in [-0.1, -0.05) is 6.07 Å². The average molecular weight is 342 g/mol. The van der Waals surface area contributed by atoms with Crippen LogP contribution in [0.15, 0.2) is 47.1 Å². The van der Waals surface area contributed by atoms with Gasteiger partial charge in [-0.05, 0) is 43.2 Å². The van der Waals surface area contributed by atoms with E-state index in [9.17, 15) is 14.4 Å². The summed E-state index contributed by atoms with van der Waals surface area (Å²) in [5.41, 5.74) is 0.877. The molecule has 2 heterocycles. The molecule has 25 heavy (non-hydrogen) atoms. The number of hydrogen-bond donors (Lipinski definition) is 2. The van der Waals surface area contributed by atoms with E-state index >= 15 is 0 Å². The van der Waals surface area contributed by atoms with Crippen molar-refractivity contribution >= 4 is 23.5 Å². The molecule has 1 saturated heterocycles. The Bertz CT molecular complexity index is 785. The third kappa shape index (κ3) is 3.88. The number of rotatable bonds is 4. The molecule has 1 aromatic carbocycles. The third-order valence-electron chi connectivity index (χ3n) is 4.17. The Morgan fingerprint density at radius 3 is 2.76 bits per heavy atom. The summed E-state index contributed by atoms with van der Waals surface area (Å²) >= 11 is 0. The number of furan rings is 1. The summed E-state index contributed by atoms with van der Waals surface area (Å²) < 4.78 is 5.03. The number of piperidine rings is 1. The lowest BCUT2D eigenvalue weighted by molar-refractivity contribution is -0.143. The minimum Gasteiger partial charge on any atom is -0.481 e. The van der Waals surface area contributed by atoms with Crippen molar-refractivity contribution in [2.24, 2.45) is 5.92 Å². The molecule has 0 saturated carbocycles. The number of anilines is 1. The Morgan fingerprint density at radius 1 is 1.20 bits per heavy atom. The van der Waals surface area contributed by atoms with Crippen LogP contribution in [0.5, 0.6) is 0 Å². The molecule has 2 amide bonds. The zero-order valence-electron chi connectivity index (χ0n) is 13.5. The fourth-order valence-corrected chi connectivity index (χ4v) is 2.88. The van der Waals surface area contributed by atoms with Crippen LogP contribution in [-0.2, 0) is 4.79 Å². The standard InChI is InChI=1S/C18H18N2O5/c21-16(15-7-3-9-25-15)19-14-6-1-4-12(10-14)17(22)20-8-2-5-13(11-20)18(23)24/h1,3-4,6-7,9-10,13H,2,5,8,11H2,(H,19,21)(H,23,24). The van der Waals surface area contributed by atoms with Crippen LogP contribution in [0, 0.1) is 5.92 Å². The van der Waals surface area contributed by atoms with E-state index in [2.05, 4.69) is 5.32 Å². The van der Waals surface area contributed by atoms with Gasteiger partial charge in [-0.15, -0.1) is 0 Å². The number of carbonyl (C=O) groups is 3. The molecule has 1 atom stereocenters. The molecule has 130 valence electrons. The van der Waals surface area contributed by atoms with Crippen LogP contribution in [0.25, 0.3) is 0 Å². The van der Waals surface area contributed by atoms with Gasteiger partial charge in [-0.3, -0.25) is 14.4 Å². The van der Waals surface area contributed by atoms with Crippen molar-refractivity contribution in [3.05, 3.63) is 54.0 Å². The summed E-state index contributed by atoms with van der Waals surface area (Å²) in [5, 5.41) is 11.8. The van der Waals surface area contributed by atoms with E-state index in [1.165, 1.54) is 6.26 Å². The highest BCUT2D eigenvalue weighted by molar-refractivity contribution is 6.03. The third-order valence-corrected chi connectivity index (χ3v) is 4.17. The van der Waals surface area contributed by atoms with Crippen molar-refractivity contribution in [2.75, 3.05) is 18.4 Å². The number of nitrogens with zero attached hydrogens (tertiary/aromatic N) is 1. The van der Waals surface area contributed by atoms with Crippen molar-refractivity contribution in [1.82, 2.24) is 4.90 Å². The number of carbonyl (C=O) groups excluding carboxylic acids is 2. The topological polar surface area (TPSA) is 99.9 Å². The van der Waals surface area contributed by atoms with Gasteiger partial charge in [-0.2, -0.15) is 0 Å². The zero-order chi connectivity index (χ0) is 17.8. The Hall–Kier alpha value is -3.09. The smallest absolute Gasteiger partial charge is 0.308 e. The minimum absolute atomic E-state index is 0.178. The second-order valence-electron chi connectivity index (χ2n) is 5.94. The molecule has 1 unspecified atom stereocenters. The Balaban J connectivity index is 1.71. The summed E-state index contributed by atoms with van der Waals surface area (Å²) in [6.07, 6.45) is 2.65. The highest BCUT2D eigenvalue weighted by Crippen LogP contribution is 2.20. The van der Waals surface area contributed by atoms with Crippen LogP contribution in [0.1, 0.15) is 33.8 Å². The van der Waals surface area contributed by atoms with E-state index in [-0.39, 0.29) is 18.2 Å². The molecule has 3 rings (SSSR count). The Kier molecular flexibility index (Phi) is 4.83. The number of amides is 2. The number of likely N-dealkylation sites (tertiary alicyclic amines) is 1. The first kappa shape index (κ1) is 16.8. The van der Waals surface area contributed by atoms with Gasteiger partial charge < -0.3 is 19.7 Å². The summed E-state index contributed by atoms with van der Waals surface area (Å²) in [6, 6.07) is 9.73. The molecule has 7 nitrogen and oxygen atoms in total. The molecule has 0 aliphatic carbocycles. The average Bonchev–Trinajstić information content (AvgIpc) is 3.16. The van der Waals surface area contributed by atoms with Crippen LogP contribution in [0.2, 0.25) is 0 Å². The highest BCUT2D eigenvalue weighted by atomic mass is 16.4. The Morgan fingerprint density at radius 2 is 2.04 bits per heavy atom. The van der Waals surface area contributed by atoms with Gasteiger partial charge in [-0.25, -0.2) is 0 Å². The molecule has 1 aliphatic heterocycles. The predicted molar refractivity (Wildman–Crippen MR) is 89.4 cm³/mol. The van der Waals surface area contributed by atoms with E-state index in [4.69, 9.17) is 9.52 Å². The fraction of sp³-hybridized carbons (Fsp3) is 0.278. The SMILES string of the molecule is O=C(Nc1cccc(C(=O)N2CCCC(C(=O)O)C2)c1)c1ccco1. The fourth-order valence-electron chi connectivity index (χ4n) is 2.88. The summed E-state index contributed by atoms with van der Waals surface area (Å²) in [6.45, 7) is 0.739. The van der Waals surface area contributed by atoms with Crippen molar-refractivity contribution < 1.29 is 23.9 Å². The van der Waals surface area contributed by atoms with Crippen LogP contribution in [-0.4, -0.2) is 40.9 Å². The minimum atomic E-state index is -0.878. The largest absolute Gasteiger partial charge is 0.481 e. The Labute approximate surface area is 144 Å². The first-order chi connectivity index (χ1) is 12.0. The zero-order valence-corrected chi connectivity index (χ0v) is 13.5. The normalized spacial score (nSPS) is 17.1. The number of benzene rings is 1. The lowest BCUT2D eigenvalue weighted by Crippen LogP contribution is -2.42. The lowest BCUT2D eigenvalue weighted by atomic mass is 9.97. The molecule has 2 aromatic rings. The summed E-state index contributed by atoms with van der Waals surface area (Å²) in [4.78, 5) is 37.4. The predicted octanol–water partition coefficient (Wildman–Crippen LogP) is 2.47. The van der Waals surface area contributed by atoms with E-state index < -0.39 is 17.8 Å². The monoisotopic (exact) mass is 342 g/mol. The number of hydrogen-bond acceptors (Lipinski definition) is 4. The maximum atomic E-state index is 12.6. The lowest BCUT2D eigenvalue weighted by Gasteiger charge is -2.30. The van der Waals surface area contributed by atoms with Crippen LogP contribution in [0.3, 0.4) is 0 Å². The molecule has 0 spiro atoms. The van der Waals surface area contributed by atoms with Crippen molar-refractivity contribution in [3.8, 4) is 0 Å². The maximum Gasteiger partial charge on any atom is 0.308 e. The van der Waals surface area contributed by atoms with E-state index in [1.807, 2.05) is 0 Å². The van der Waals surface area contributed by atoms with Gasteiger partial charge >= 0.3 is 5.97 Å². The molecular formula is C18H18N2O5. The van der Waals surface area contributed by atoms with Gasteiger partial charge in [0.25, 0.3) is 11.8 Å². The molecule has 1 fully saturated rings. The molecule has 2 N–H and O–H groups in total. The van der Waals surface area contributed by atoms with Crippen LogP contribution >= 0.6 is 0 Å². The first-order valence-corrected chi connectivity index (χ1v) is 8.01. The second kappa shape index (κ2) is 7.21. The molecule has 1 aromatic heterocycles. The number of carboxylic acid groups (broad SMARTS) is 1. The van der Waals surface area contributed by atoms with E-state index in [0.29, 0.717) is 30.6 Å². The number of carboxylic acids is 1. The summed E-state index contributed by atoms with van der Waals surface area (Å²) in [7, 11) is 0. The van der Waals surface area contributed by atoms with Gasteiger partial charge in [0, 0.05) is 24.3 Å². The quantitative estimate of drug-likeness (QED) is 0.889. The first-order valence-electron chi connectivity index (χ1n) is 8.01. The van der Waals surface area contributed by atoms with Crippen LogP contribution in [0.4, 0.5) is 5.69 Å². The van der Waals surface area contributed by atoms with Crippen molar-refractivity contribution in [3.63, 3.8) is 0 Å². The van der Waals surface area contributed by atoms with Crippen LogP contribution < -0.4 is 5.32 Å². The number of aliphatic carboxylic acids is 1. The van der Waals surface area contributed by atoms with Crippen molar-refractivity contribution in [2.45, 2.75) is 12.8 Å². The van der Waals surface area contributed by atoms with E-state index in [0.717, 1.165) is 0 Å². The molecule has 0 radical (unpaired) electrons. The van der Waals surface area contributed by atoms with Gasteiger partial charge in [0.2, 0.25) is 0 Å². The van der Waals surface area contributed by atoms with Gasteiger partial charge in [0.15, 0.2) is 5.76 Å². The molecule has 1 aliphatic rings. The highest BCUT2D eigenvalue weighted by Gasteiger charge is 2.28. The number of nitrogens with one attached hydrogen (secondary N) is 1. The van der Waals surface area contributed by atoms with E-state index in [1.54, 1.807) is 41.3 Å². The van der Waals surface area contributed by atoms with Gasteiger partial charge in [0.1, 0.15) is 0 Å². The molecule has 7 heteroatoms.